The second kappa shape index (κ2) is 9.83. The average molecular weight is 444 g/mol. The van der Waals surface area contributed by atoms with Gasteiger partial charge in [-0.1, -0.05) is 0 Å². The molecule has 0 fully saturated rings. The summed E-state index contributed by atoms with van der Waals surface area (Å²) in [6.45, 7) is -1.22. The Bertz CT molecular complexity index is 1090. The lowest BCUT2D eigenvalue weighted by atomic mass is 9.61. The van der Waals surface area contributed by atoms with Crippen LogP contribution < -0.4 is 4.74 Å². The third-order valence-corrected chi connectivity index (χ3v) is 5.91. The molecule has 0 spiro atoms. The van der Waals surface area contributed by atoms with Crippen LogP contribution in [0.3, 0.4) is 0 Å². The topological polar surface area (TPSA) is 121 Å². The van der Waals surface area contributed by atoms with Gasteiger partial charge in [-0.2, -0.15) is 0 Å². The summed E-state index contributed by atoms with van der Waals surface area (Å²) in [7, 11) is 0. The van der Waals surface area contributed by atoms with Crippen molar-refractivity contribution in [3.63, 3.8) is 0 Å². The van der Waals surface area contributed by atoms with Crippen LogP contribution in [0.15, 0.2) is 98.1 Å². The molecule has 0 saturated carbocycles. The summed E-state index contributed by atoms with van der Waals surface area (Å²) in [5.41, 5.74) is -1.56. The summed E-state index contributed by atoms with van der Waals surface area (Å²) in [5.74, 6) is 0.437. The van der Waals surface area contributed by atoms with Crippen LogP contribution in [0, 0.1) is 5.41 Å². The average Bonchev–Trinajstić information content (AvgIpc) is 2.91. The van der Waals surface area contributed by atoms with E-state index >= 15 is 0 Å². The Morgan fingerprint density at radius 3 is 1.45 bits per heavy atom. The van der Waals surface area contributed by atoms with Gasteiger partial charge in [-0.15, -0.1) is 0 Å². The number of ether oxygens (including phenoxy) is 1. The number of pyridine rings is 4. The minimum atomic E-state index is -1.64. The third-order valence-electron chi connectivity index (χ3n) is 5.91. The SMILES string of the molecule is OCC(CO)(C(O)c1ccncc1)C(Oc1ccncc1)(c1ccncc1)c1ccncc1. The van der Waals surface area contributed by atoms with Gasteiger partial charge in [-0.3, -0.25) is 19.9 Å². The summed E-state index contributed by atoms with van der Waals surface area (Å²) < 4.78 is 6.67. The molecule has 4 rings (SSSR count). The molecule has 0 aromatic carbocycles. The van der Waals surface area contributed by atoms with Gasteiger partial charge >= 0.3 is 0 Å². The van der Waals surface area contributed by atoms with Crippen molar-refractivity contribution in [2.24, 2.45) is 5.41 Å². The third kappa shape index (κ3) is 3.95. The monoisotopic (exact) mass is 444 g/mol. The summed E-state index contributed by atoms with van der Waals surface area (Å²) in [6, 6.07) is 13.6. The lowest BCUT2D eigenvalue weighted by Gasteiger charge is -2.51. The molecule has 0 amide bonds. The number of aliphatic hydroxyl groups is 3. The van der Waals surface area contributed by atoms with Gasteiger partial charge in [0.2, 0.25) is 0 Å². The van der Waals surface area contributed by atoms with E-state index < -0.39 is 30.3 Å². The van der Waals surface area contributed by atoms with Crippen LogP contribution in [0.5, 0.6) is 5.75 Å². The molecule has 8 nitrogen and oxygen atoms in total. The number of hydrogen-bond donors (Lipinski definition) is 3. The first-order valence-corrected chi connectivity index (χ1v) is 10.4. The van der Waals surface area contributed by atoms with Crippen molar-refractivity contribution in [3.8, 4) is 5.75 Å². The van der Waals surface area contributed by atoms with Crippen molar-refractivity contribution in [2.75, 3.05) is 13.2 Å². The van der Waals surface area contributed by atoms with E-state index in [1.165, 1.54) is 0 Å². The summed E-state index contributed by atoms with van der Waals surface area (Å²) in [6.07, 6.45) is 11.3. The first-order valence-electron chi connectivity index (χ1n) is 10.4. The van der Waals surface area contributed by atoms with E-state index in [-0.39, 0.29) is 0 Å². The van der Waals surface area contributed by atoms with E-state index in [0.717, 1.165) is 0 Å². The fraction of sp³-hybridized carbons (Fsp3) is 0.200. The lowest BCUT2D eigenvalue weighted by molar-refractivity contribution is -0.161. The number of nitrogens with zero attached hydrogens (tertiary/aromatic N) is 4. The standard InChI is InChI=1S/C25H24N4O4/c30-17-24(18-31,23(32)19-1-9-26-10-2-19)25(20-3-11-27-12-4-20,21-5-13-28-14-6-21)33-22-7-15-29-16-8-22/h1-16,23,30-32H,17-18H2. The van der Waals surface area contributed by atoms with Gasteiger partial charge in [-0.25, -0.2) is 0 Å². The zero-order valence-corrected chi connectivity index (χ0v) is 17.8. The van der Waals surface area contributed by atoms with Crippen LogP contribution in [0.25, 0.3) is 0 Å². The maximum absolute atomic E-state index is 11.7. The minimum Gasteiger partial charge on any atom is -0.477 e. The zero-order chi connectivity index (χ0) is 23.2. The minimum absolute atomic E-state index is 0.437. The highest BCUT2D eigenvalue weighted by molar-refractivity contribution is 5.42. The molecule has 4 heterocycles. The number of rotatable bonds is 9. The van der Waals surface area contributed by atoms with Crippen LogP contribution >= 0.6 is 0 Å². The van der Waals surface area contributed by atoms with Crippen molar-refractivity contribution < 1.29 is 20.1 Å². The van der Waals surface area contributed by atoms with Crippen LogP contribution in [-0.4, -0.2) is 48.5 Å². The Labute approximate surface area is 191 Å². The maximum atomic E-state index is 11.7. The molecule has 4 aromatic heterocycles. The van der Waals surface area contributed by atoms with Crippen molar-refractivity contribution in [2.45, 2.75) is 11.7 Å². The van der Waals surface area contributed by atoms with Gasteiger partial charge in [0, 0.05) is 60.7 Å². The molecule has 1 atom stereocenters. The Morgan fingerprint density at radius 1 is 0.636 bits per heavy atom. The van der Waals surface area contributed by atoms with Gasteiger partial charge in [0.1, 0.15) is 5.75 Å². The lowest BCUT2D eigenvalue weighted by Crippen LogP contribution is -2.58. The summed E-state index contributed by atoms with van der Waals surface area (Å²) in [5, 5.41) is 33.5. The number of hydrogen-bond acceptors (Lipinski definition) is 8. The van der Waals surface area contributed by atoms with Crippen LogP contribution in [-0.2, 0) is 5.60 Å². The Balaban J connectivity index is 2.06. The van der Waals surface area contributed by atoms with E-state index in [1.807, 2.05) is 0 Å². The van der Waals surface area contributed by atoms with E-state index in [0.29, 0.717) is 22.4 Å². The predicted molar refractivity (Wildman–Crippen MR) is 120 cm³/mol. The summed E-state index contributed by atoms with van der Waals surface area (Å²) in [4.78, 5) is 16.3. The van der Waals surface area contributed by atoms with Crippen molar-refractivity contribution in [1.82, 2.24) is 19.9 Å². The van der Waals surface area contributed by atoms with E-state index in [1.54, 1.807) is 98.1 Å². The molecule has 0 aliphatic carbocycles. The number of aromatic nitrogens is 4. The quantitative estimate of drug-likeness (QED) is 0.360. The highest BCUT2D eigenvalue weighted by Crippen LogP contribution is 2.54. The van der Waals surface area contributed by atoms with Gasteiger partial charge in [0.25, 0.3) is 0 Å². The van der Waals surface area contributed by atoms with Gasteiger partial charge in [0.05, 0.1) is 24.7 Å². The van der Waals surface area contributed by atoms with Gasteiger partial charge < -0.3 is 20.1 Å². The fourth-order valence-electron chi connectivity index (χ4n) is 4.22. The van der Waals surface area contributed by atoms with Crippen LogP contribution in [0.2, 0.25) is 0 Å². The Kier molecular flexibility index (Phi) is 6.69. The molecule has 4 aromatic rings. The number of aliphatic hydroxyl groups excluding tert-OH is 3. The van der Waals surface area contributed by atoms with Crippen molar-refractivity contribution >= 4 is 0 Å². The molecule has 33 heavy (non-hydrogen) atoms. The molecule has 0 saturated heterocycles. The molecule has 1 unspecified atom stereocenters. The van der Waals surface area contributed by atoms with Crippen molar-refractivity contribution in [3.05, 3.63) is 115 Å². The van der Waals surface area contributed by atoms with E-state index in [2.05, 4.69) is 19.9 Å². The Morgan fingerprint density at radius 2 is 1.03 bits per heavy atom. The highest BCUT2D eigenvalue weighted by Gasteiger charge is 2.60. The largest absolute Gasteiger partial charge is 0.477 e. The zero-order valence-electron chi connectivity index (χ0n) is 17.8. The second-order valence-electron chi connectivity index (χ2n) is 7.59. The molecular weight excluding hydrogens is 420 g/mol. The Hall–Kier alpha value is -3.72. The second-order valence-corrected chi connectivity index (χ2v) is 7.59. The van der Waals surface area contributed by atoms with Crippen molar-refractivity contribution in [1.29, 1.82) is 0 Å². The van der Waals surface area contributed by atoms with Gasteiger partial charge in [0.15, 0.2) is 5.60 Å². The molecule has 0 bridgehead atoms. The smallest absolute Gasteiger partial charge is 0.172 e. The summed E-state index contributed by atoms with van der Waals surface area (Å²) >= 11 is 0. The van der Waals surface area contributed by atoms with E-state index in [4.69, 9.17) is 4.74 Å². The molecule has 0 radical (unpaired) electrons. The first kappa shape index (κ1) is 22.5. The maximum Gasteiger partial charge on any atom is 0.172 e. The normalized spacial score (nSPS) is 12.8. The fourth-order valence-corrected chi connectivity index (χ4v) is 4.22. The molecule has 0 aliphatic rings. The highest BCUT2D eigenvalue weighted by atomic mass is 16.5. The first-order chi connectivity index (χ1) is 16.2. The molecule has 3 N–H and O–H groups in total. The molecule has 8 heteroatoms. The van der Waals surface area contributed by atoms with Crippen LogP contribution in [0.1, 0.15) is 22.8 Å². The molecule has 0 aliphatic heterocycles. The van der Waals surface area contributed by atoms with E-state index in [9.17, 15) is 15.3 Å². The molecule has 168 valence electrons. The predicted octanol–water partition coefficient (Wildman–Crippen LogP) is 2.29. The molecular formula is C25H24N4O4. The van der Waals surface area contributed by atoms with Gasteiger partial charge in [-0.05, 0) is 54.1 Å². The van der Waals surface area contributed by atoms with Crippen LogP contribution in [0.4, 0.5) is 0 Å².